The summed E-state index contributed by atoms with van der Waals surface area (Å²) in [6.07, 6.45) is 0.650. The van der Waals surface area contributed by atoms with Crippen molar-refractivity contribution < 1.29 is 9.59 Å². The van der Waals surface area contributed by atoms with E-state index in [1.807, 2.05) is 48.5 Å². The molecule has 0 aliphatic rings. The maximum atomic E-state index is 13.2. The Balaban J connectivity index is 2.06. The molecule has 4 nitrogen and oxygen atoms in total. The molecule has 0 saturated heterocycles. The molecule has 4 heteroatoms. The van der Waals surface area contributed by atoms with Gasteiger partial charge >= 0.3 is 0 Å². The third-order valence-electron chi connectivity index (χ3n) is 4.35. The van der Waals surface area contributed by atoms with Gasteiger partial charge in [0.1, 0.15) is 0 Å². The maximum Gasteiger partial charge on any atom is 0.251 e. The standard InChI is InChI=1S/C21H20N2O2/c1-13-18(19(21(22)25)14(2)23-13)20(24)17-11-7-6-10-16(17)12-15-8-4-3-5-9-15/h3-11,23H,12H2,1-2H3,(H2,22,25). The second kappa shape index (κ2) is 6.77. The summed E-state index contributed by atoms with van der Waals surface area (Å²) in [4.78, 5) is 28.1. The van der Waals surface area contributed by atoms with E-state index in [0.29, 0.717) is 28.9 Å². The quantitative estimate of drug-likeness (QED) is 0.701. The highest BCUT2D eigenvalue weighted by Crippen LogP contribution is 2.24. The number of hydrogen-bond donors (Lipinski definition) is 2. The first-order valence-electron chi connectivity index (χ1n) is 8.14. The lowest BCUT2D eigenvalue weighted by Gasteiger charge is -2.10. The van der Waals surface area contributed by atoms with Crippen molar-refractivity contribution in [3.63, 3.8) is 0 Å². The van der Waals surface area contributed by atoms with Crippen molar-refractivity contribution in [2.75, 3.05) is 0 Å². The van der Waals surface area contributed by atoms with Gasteiger partial charge in [0, 0.05) is 17.0 Å². The SMILES string of the molecule is Cc1[nH]c(C)c(C(=O)c2ccccc2Cc2ccccc2)c1C(N)=O. The lowest BCUT2D eigenvalue weighted by molar-refractivity contribution is 0.0981. The summed E-state index contributed by atoms with van der Waals surface area (Å²) in [5.41, 5.74) is 10.1. The van der Waals surface area contributed by atoms with E-state index < -0.39 is 5.91 Å². The van der Waals surface area contributed by atoms with E-state index in [9.17, 15) is 9.59 Å². The molecule has 0 spiro atoms. The lowest BCUT2D eigenvalue weighted by atomic mass is 9.92. The van der Waals surface area contributed by atoms with Gasteiger partial charge in [-0.2, -0.15) is 0 Å². The molecule has 3 N–H and O–H groups in total. The van der Waals surface area contributed by atoms with Crippen LogP contribution in [0.3, 0.4) is 0 Å². The summed E-state index contributed by atoms with van der Waals surface area (Å²) in [6.45, 7) is 3.53. The highest BCUT2D eigenvalue weighted by Gasteiger charge is 2.25. The van der Waals surface area contributed by atoms with Gasteiger partial charge in [-0.15, -0.1) is 0 Å². The van der Waals surface area contributed by atoms with E-state index in [2.05, 4.69) is 4.98 Å². The molecular formula is C21H20N2O2. The molecule has 1 aromatic heterocycles. The molecule has 25 heavy (non-hydrogen) atoms. The van der Waals surface area contributed by atoms with Crippen LogP contribution < -0.4 is 5.73 Å². The number of ketones is 1. The highest BCUT2D eigenvalue weighted by molar-refractivity contribution is 6.17. The highest BCUT2D eigenvalue weighted by atomic mass is 16.1. The number of aromatic nitrogens is 1. The van der Waals surface area contributed by atoms with Gasteiger partial charge in [-0.25, -0.2) is 0 Å². The Bertz CT molecular complexity index is 940. The lowest BCUT2D eigenvalue weighted by Crippen LogP contribution is -2.17. The molecule has 0 unspecified atom stereocenters. The van der Waals surface area contributed by atoms with Crippen molar-refractivity contribution in [3.8, 4) is 0 Å². The average Bonchev–Trinajstić information content (AvgIpc) is 2.90. The van der Waals surface area contributed by atoms with Crippen LogP contribution in [0, 0.1) is 13.8 Å². The summed E-state index contributed by atoms with van der Waals surface area (Å²) in [5.74, 6) is -0.770. The molecule has 3 aromatic rings. The number of primary amides is 1. The van der Waals surface area contributed by atoms with Gasteiger partial charge in [0.2, 0.25) is 0 Å². The fourth-order valence-corrected chi connectivity index (χ4v) is 3.22. The number of nitrogens with two attached hydrogens (primary N) is 1. The minimum absolute atomic E-state index is 0.179. The van der Waals surface area contributed by atoms with Crippen molar-refractivity contribution in [3.05, 3.63) is 93.8 Å². The first-order valence-corrected chi connectivity index (χ1v) is 8.14. The monoisotopic (exact) mass is 332 g/mol. The molecule has 0 atom stereocenters. The number of amides is 1. The smallest absolute Gasteiger partial charge is 0.251 e. The fourth-order valence-electron chi connectivity index (χ4n) is 3.22. The van der Waals surface area contributed by atoms with E-state index in [1.54, 1.807) is 19.9 Å². The minimum atomic E-state index is -0.592. The second-order valence-electron chi connectivity index (χ2n) is 6.14. The summed E-state index contributed by atoms with van der Waals surface area (Å²) in [7, 11) is 0. The number of carbonyl (C=O) groups excluding carboxylic acids is 2. The van der Waals surface area contributed by atoms with Crippen LogP contribution in [-0.2, 0) is 6.42 Å². The van der Waals surface area contributed by atoms with Crippen LogP contribution in [0.4, 0.5) is 0 Å². The number of aromatic amines is 1. The number of aryl methyl sites for hydroxylation is 2. The largest absolute Gasteiger partial charge is 0.366 e. The zero-order chi connectivity index (χ0) is 18.0. The molecule has 3 rings (SSSR count). The zero-order valence-electron chi connectivity index (χ0n) is 14.3. The Morgan fingerprint density at radius 1 is 0.880 bits per heavy atom. The summed E-state index contributed by atoms with van der Waals surface area (Å²) < 4.78 is 0. The zero-order valence-corrected chi connectivity index (χ0v) is 14.3. The molecule has 0 bridgehead atoms. The van der Waals surface area contributed by atoms with E-state index in [1.165, 1.54) is 0 Å². The molecule has 0 fully saturated rings. The normalized spacial score (nSPS) is 10.6. The van der Waals surface area contributed by atoms with Gasteiger partial charge in [0.15, 0.2) is 5.78 Å². The number of H-pyrrole nitrogens is 1. The predicted molar refractivity (Wildman–Crippen MR) is 97.9 cm³/mol. The Morgan fingerprint density at radius 3 is 2.16 bits per heavy atom. The van der Waals surface area contributed by atoms with Gasteiger partial charge < -0.3 is 10.7 Å². The third kappa shape index (κ3) is 3.24. The third-order valence-corrected chi connectivity index (χ3v) is 4.35. The van der Waals surface area contributed by atoms with Crippen molar-refractivity contribution in [2.45, 2.75) is 20.3 Å². The van der Waals surface area contributed by atoms with Crippen LogP contribution in [-0.4, -0.2) is 16.7 Å². The first-order chi connectivity index (χ1) is 12.0. The van der Waals surface area contributed by atoms with Crippen molar-refractivity contribution in [1.29, 1.82) is 0 Å². The summed E-state index contributed by atoms with van der Waals surface area (Å²) >= 11 is 0. The number of benzene rings is 2. The summed E-state index contributed by atoms with van der Waals surface area (Å²) in [5, 5.41) is 0. The van der Waals surface area contributed by atoms with E-state index in [0.717, 1.165) is 11.1 Å². The van der Waals surface area contributed by atoms with Crippen LogP contribution in [0.15, 0.2) is 54.6 Å². The molecule has 126 valence electrons. The fraction of sp³-hybridized carbons (Fsp3) is 0.143. The molecule has 0 aliphatic heterocycles. The van der Waals surface area contributed by atoms with Gasteiger partial charge in [-0.1, -0.05) is 54.6 Å². The van der Waals surface area contributed by atoms with Crippen LogP contribution in [0.25, 0.3) is 0 Å². The molecule has 0 radical (unpaired) electrons. The average molecular weight is 332 g/mol. The molecular weight excluding hydrogens is 312 g/mol. The number of carbonyl (C=O) groups is 2. The van der Waals surface area contributed by atoms with Gasteiger partial charge in [-0.05, 0) is 31.4 Å². The number of hydrogen-bond acceptors (Lipinski definition) is 2. The Labute approximate surface area is 146 Å². The van der Waals surface area contributed by atoms with Crippen molar-refractivity contribution >= 4 is 11.7 Å². The van der Waals surface area contributed by atoms with E-state index in [-0.39, 0.29) is 11.3 Å². The van der Waals surface area contributed by atoms with Crippen molar-refractivity contribution in [1.82, 2.24) is 4.98 Å². The number of rotatable bonds is 5. The van der Waals surface area contributed by atoms with Crippen LogP contribution in [0.5, 0.6) is 0 Å². The molecule has 1 amide bonds. The van der Waals surface area contributed by atoms with E-state index >= 15 is 0 Å². The van der Waals surface area contributed by atoms with Crippen LogP contribution >= 0.6 is 0 Å². The molecule has 1 heterocycles. The second-order valence-corrected chi connectivity index (χ2v) is 6.14. The Morgan fingerprint density at radius 2 is 1.48 bits per heavy atom. The van der Waals surface area contributed by atoms with Crippen molar-refractivity contribution in [2.24, 2.45) is 5.73 Å². The molecule has 0 aliphatic carbocycles. The molecule has 0 saturated carbocycles. The Kier molecular flexibility index (Phi) is 4.52. The molecule has 2 aromatic carbocycles. The van der Waals surface area contributed by atoms with E-state index in [4.69, 9.17) is 5.73 Å². The number of nitrogens with one attached hydrogen (secondary N) is 1. The van der Waals surface area contributed by atoms with Gasteiger partial charge in [-0.3, -0.25) is 9.59 Å². The Hall–Kier alpha value is -3.14. The predicted octanol–water partition coefficient (Wildman–Crippen LogP) is 3.55. The van der Waals surface area contributed by atoms with Gasteiger partial charge in [0.25, 0.3) is 5.91 Å². The summed E-state index contributed by atoms with van der Waals surface area (Å²) in [6, 6.07) is 17.5. The topological polar surface area (TPSA) is 75.9 Å². The van der Waals surface area contributed by atoms with Crippen LogP contribution in [0.2, 0.25) is 0 Å². The minimum Gasteiger partial charge on any atom is -0.366 e. The first kappa shape index (κ1) is 16.7. The van der Waals surface area contributed by atoms with Crippen LogP contribution in [0.1, 0.15) is 48.8 Å². The maximum absolute atomic E-state index is 13.2. The van der Waals surface area contributed by atoms with Gasteiger partial charge in [0.05, 0.1) is 11.1 Å².